The zero-order valence-corrected chi connectivity index (χ0v) is 14.1. The van der Waals surface area contributed by atoms with Gasteiger partial charge in [-0.1, -0.05) is 26.0 Å². The zero-order valence-electron chi connectivity index (χ0n) is 14.1. The lowest BCUT2D eigenvalue weighted by molar-refractivity contribution is -0.00224. The number of rotatable bonds is 5. The number of hydrogen-bond acceptors (Lipinski definition) is 3. The van der Waals surface area contributed by atoms with Gasteiger partial charge in [0.25, 0.3) is 5.91 Å². The molecule has 0 spiro atoms. The van der Waals surface area contributed by atoms with Gasteiger partial charge in [0.05, 0.1) is 11.2 Å². The fourth-order valence-corrected chi connectivity index (χ4v) is 3.03. The molecule has 1 fully saturated rings. The number of carbonyl (C=O) groups is 1. The summed E-state index contributed by atoms with van der Waals surface area (Å²) in [5.41, 5.74) is -0.523. The van der Waals surface area contributed by atoms with Crippen molar-refractivity contribution in [2.45, 2.75) is 38.7 Å². The third-order valence-electron chi connectivity index (χ3n) is 4.81. The van der Waals surface area contributed by atoms with E-state index in [1.807, 2.05) is 13.8 Å². The van der Waals surface area contributed by atoms with Crippen LogP contribution in [0.3, 0.4) is 0 Å². The predicted octanol–water partition coefficient (Wildman–Crippen LogP) is 2.52. The van der Waals surface area contributed by atoms with E-state index in [0.717, 1.165) is 25.8 Å². The van der Waals surface area contributed by atoms with Gasteiger partial charge in [-0.25, -0.2) is 4.39 Å². The second-order valence-corrected chi connectivity index (χ2v) is 6.33. The van der Waals surface area contributed by atoms with E-state index in [0.29, 0.717) is 26.2 Å². The Labute approximate surface area is 137 Å². The summed E-state index contributed by atoms with van der Waals surface area (Å²) >= 11 is 0. The molecule has 1 aliphatic heterocycles. The van der Waals surface area contributed by atoms with Crippen molar-refractivity contribution in [3.05, 3.63) is 35.6 Å². The van der Waals surface area contributed by atoms with Crippen molar-refractivity contribution < 1.29 is 14.3 Å². The molecule has 0 aliphatic carbocycles. The van der Waals surface area contributed by atoms with Crippen molar-refractivity contribution in [2.75, 3.05) is 32.7 Å². The van der Waals surface area contributed by atoms with Crippen LogP contribution in [0.5, 0.6) is 0 Å². The highest BCUT2D eigenvalue weighted by Gasteiger charge is 2.28. The number of amides is 1. The number of aliphatic hydroxyl groups is 1. The predicted molar refractivity (Wildman–Crippen MR) is 88.9 cm³/mol. The number of hydrogen-bond donors (Lipinski definition) is 1. The van der Waals surface area contributed by atoms with Crippen molar-refractivity contribution in [2.24, 2.45) is 0 Å². The van der Waals surface area contributed by atoms with Crippen LogP contribution in [0.15, 0.2) is 24.3 Å². The van der Waals surface area contributed by atoms with E-state index < -0.39 is 11.4 Å². The van der Waals surface area contributed by atoms with Gasteiger partial charge in [0, 0.05) is 32.7 Å². The Kier molecular flexibility index (Phi) is 6.13. The summed E-state index contributed by atoms with van der Waals surface area (Å²) in [4.78, 5) is 16.4. The first-order chi connectivity index (χ1) is 11.0. The summed E-state index contributed by atoms with van der Waals surface area (Å²) in [5, 5.41) is 10.5. The molecular weight excluding hydrogens is 295 g/mol. The summed E-state index contributed by atoms with van der Waals surface area (Å²) < 4.78 is 13.8. The van der Waals surface area contributed by atoms with Crippen molar-refractivity contribution in [1.82, 2.24) is 9.80 Å². The topological polar surface area (TPSA) is 43.8 Å². The van der Waals surface area contributed by atoms with Crippen LogP contribution in [0.25, 0.3) is 0 Å². The van der Waals surface area contributed by atoms with Gasteiger partial charge in [-0.2, -0.15) is 0 Å². The van der Waals surface area contributed by atoms with Crippen LogP contribution in [0, 0.1) is 5.82 Å². The Morgan fingerprint density at radius 2 is 1.87 bits per heavy atom. The first kappa shape index (κ1) is 17.9. The molecule has 0 aromatic heterocycles. The first-order valence-electron chi connectivity index (χ1n) is 8.47. The van der Waals surface area contributed by atoms with Gasteiger partial charge in [0.1, 0.15) is 5.82 Å². The molecule has 4 nitrogen and oxygen atoms in total. The monoisotopic (exact) mass is 322 g/mol. The van der Waals surface area contributed by atoms with Crippen molar-refractivity contribution in [1.29, 1.82) is 0 Å². The van der Waals surface area contributed by atoms with Crippen LogP contribution in [0.2, 0.25) is 0 Å². The molecule has 2 rings (SSSR count). The van der Waals surface area contributed by atoms with Gasteiger partial charge in [-0.3, -0.25) is 9.69 Å². The van der Waals surface area contributed by atoms with Gasteiger partial charge >= 0.3 is 0 Å². The molecule has 1 heterocycles. The lowest BCUT2D eigenvalue weighted by Crippen LogP contribution is -2.44. The summed E-state index contributed by atoms with van der Waals surface area (Å²) in [6.45, 7) is 7.37. The average molecular weight is 322 g/mol. The Balaban J connectivity index is 1.99. The van der Waals surface area contributed by atoms with E-state index in [2.05, 4.69) is 4.90 Å². The van der Waals surface area contributed by atoms with E-state index in [9.17, 15) is 14.3 Å². The van der Waals surface area contributed by atoms with Crippen molar-refractivity contribution in [3.63, 3.8) is 0 Å². The van der Waals surface area contributed by atoms with Crippen LogP contribution >= 0.6 is 0 Å². The molecule has 1 aliphatic rings. The molecule has 128 valence electrons. The fourth-order valence-electron chi connectivity index (χ4n) is 3.03. The molecule has 1 aromatic carbocycles. The molecule has 0 bridgehead atoms. The standard InChI is InChI=1S/C18H27FN2O2/c1-3-18(23,4-2)14-20-10-7-11-21(13-12-20)17(22)15-8-5-6-9-16(15)19/h5-6,8-9,23H,3-4,7,10-14H2,1-2H3. The van der Waals surface area contributed by atoms with Crippen molar-refractivity contribution in [3.8, 4) is 0 Å². The molecule has 0 saturated carbocycles. The molecule has 1 amide bonds. The Bertz CT molecular complexity index is 532. The first-order valence-corrected chi connectivity index (χ1v) is 8.47. The molecule has 5 heteroatoms. The molecule has 1 saturated heterocycles. The molecule has 1 N–H and O–H groups in total. The van der Waals surface area contributed by atoms with E-state index in [1.54, 1.807) is 17.0 Å². The zero-order chi connectivity index (χ0) is 16.9. The van der Waals surface area contributed by atoms with E-state index in [4.69, 9.17) is 0 Å². The third kappa shape index (κ3) is 4.52. The normalized spacial score (nSPS) is 17.1. The van der Waals surface area contributed by atoms with Crippen LogP contribution in [-0.2, 0) is 0 Å². The minimum atomic E-state index is -0.662. The highest BCUT2D eigenvalue weighted by molar-refractivity contribution is 5.94. The van der Waals surface area contributed by atoms with Crippen LogP contribution < -0.4 is 0 Å². The third-order valence-corrected chi connectivity index (χ3v) is 4.81. The smallest absolute Gasteiger partial charge is 0.256 e. The maximum absolute atomic E-state index is 13.8. The van der Waals surface area contributed by atoms with Gasteiger partial charge in [0.2, 0.25) is 0 Å². The van der Waals surface area contributed by atoms with Crippen LogP contribution in [0.4, 0.5) is 4.39 Å². The van der Waals surface area contributed by atoms with Gasteiger partial charge in [0.15, 0.2) is 0 Å². The molecular formula is C18H27FN2O2. The highest BCUT2D eigenvalue weighted by atomic mass is 19.1. The van der Waals surface area contributed by atoms with E-state index >= 15 is 0 Å². The molecule has 0 unspecified atom stereocenters. The largest absolute Gasteiger partial charge is 0.389 e. The van der Waals surface area contributed by atoms with Gasteiger partial charge < -0.3 is 10.0 Å². The van der Waals surface area contributed by atoms with Gasteiger partial charge in [-0.05, 0) is 31.4 Å². The summed E-state index contributed by atoms with van der Waals surface area (Å²) in [6.07, 6.45) is 2.28. The lowest BCUT2D eigenvalue weighted by Gasteiger charge is -2.32. The Morgan fingerprint density at radius 3 is 2.52 bits per heavy atom. The lowest BCUT2D eigenvalue weighted by atomic mass is 9.97. The number of benzene rings is 1. The fraction of sp³-hybridized carbons (Fsp3) is 0.611. The summed E-state index contributed by atoms with van der Waals surface area (Å²) in [7, 11) is 0. The SMILES string of the molecule is CCC(O)(CC)CN1CCCN(C(=O)c2ccccc2F)CC1. The number of carbonyl (C=O) groups excluding carboxylic acids is 1. The quantitative estimate of drug-likeness (QED) is 0.906. The number of β-amino-alcohol motifs (C(OH)–C–C–N with tert-alkyl or cyclic N) is 1. The van der Waals surface area contributed by atoms with E-state index in [1.165, 1.54) is 12.1 Å². The highest BCUT2D eigenvalue weighted by Crippen LogP contribution is 2.18. The summed E-state index contributed by atoms with van der Waals surface area (Å²) in [6, 6.07) is 6.13. The van der Waals surface area contributed by atoms with Crippen LogP contribution in [-0.4, -0.2) is 59.1 Å². The Hall–Kier alpha value is -1.46. The number of nitrogens with zero attached hydrogens (tertiary/aromatic N) is 2. The molecule has 0 radical (unpaired) electrons. The second kappa shape index (κ2) is 7.88. The van der Waals surface area contributed by atoms with E-state index in [-0.39, 0.29) is 11.5 Å². The Morgan fingerprint density at radius 1 is 1.17 bits per heavy atom. The minimum absolute atomic E-state index is 0.138. The maximum atomic E-state index is 13.8. The molecule has 23 heavy (non-hydrogen) atoms. The average Bonchev–Trinajstić information content (AvgIpc) is 2.80. The minimum Gasteiger partial charge on any atom is -0.389 e. The summed E-state index contributed by atoms with van der Waals surface area (Å²) in [5.74, 6) is -0.712. The number of halogens is 1. The molecule has 1 aromatic rings. The maximum Gasteiger partial charge on any atom is 0.256 e. The molecule has 0 atom stereocenters. The van der Waals surface area contributed by atoms with Crippen molar-refractivity contribution >= 4 is 5.91 Å². The van der Waals surface area contributed by atoms with Gasteiger partial charge in [-0.15, -0.1) is 0 Å². The van der Waals surface area contributed by atoms with Crippen LogP contribution in [0.1, 0.15) is 43.5 Å². The second-order valence-electron chi connectivity index (χ2n) is 6.33.